The molecule has 0 amide bonds. The second-order valence-electron chi connectivity index (χ2n) is 6.80. The molecule has 7 heteroatoms. The second kappa shape index (κ2) is 6.67. The first-order valence-electron chi connectivity index (χ1n) is 8.53. The highest BCUT2D eigenvalue weighted by atomic mass is 32.1. The molecule has 23 heavy (non-hydrogen) atoms. The van der Waals surface area contributed by atoms with Crippen LogP contribution in [-0.4, -0.2) is 76.4 Å². The Balaban J connectivity index is 1.35. The van der Waals surface area contributed by atoms with E-state index in [2.05, 4.69) is 41.5 Å². The van der Waals surface area contributed by atoms with Crippen LogP contribution in [-0.2, 0) is 0 Å². The highest BCUT2D eigenvalue weighted by Crippen LogP contribution is 2.28. The Labute approximate surface area is 141 Å². The second-order valence-corrected chi connectivity index (χ2v) is 7.33. The monoisotopic (exact) mass is 332 g/mol. The smallest absolute Gasteiger partial charge is 0.195 e. The number of fused-ring (bicyclic) bond motifs is 1. The third-order valence-corrected chi connectivity index (χ3v) is 5.73. The van der Waals surface area contributed by atoms with Gasteiger partial charge in [0.05, 0.1) is 17.4 Å². The summed E-state index contributed by atoms with van der Waals surface area (Å²) in [5.74, 6) is 0.834. The zero-order valence-corrected chi connectivity index (χ0v) is 14.5. The number of likely N-dealkylation sites (N-methyl/N-ethyl adjacent to an activating group) is 1. The molecule has 0 radical (unpaired) electrons. The Morgan fingerprint density at radius 3 is 2.65 bits per heavy atom. The highest BCUT2D eigenvalue weighted by molar-refractivity contribution is 7.00. The van der Waals surface area contributed by atoms with Gasteiger partial charge in [0.2, 0.25) is 0 Å². The maximum absolute atomic E-state index is 4.43. The van der Waals surface area contributed by atoms with Crippen LogP contribution in [0.1, 0.15) is 12.8 Å². The molecule has 2 aromatic heterocycles. The van der Waals surface area contributed by atoms with E-state index >= 15 is 0 Å². The van der Waals surface area contributed by atoms with Crippen LogP contribution in [0.25, 0.3) is 11.2 Å². The van der Waals surface area contributed by atoms with Gasteiger partial charge in [-0.25, -0.2) is 4.98 Å². The Kier molecular flexibility index (Phi) is 4.41. The number of nitrogens with zero attached hydrogens (tertiary/aromatic N) is 6. The first kappa shape index (κ1) is 15.2. The predicted molar refractivity (Wildman–Crippen MR) is 94.1 cm³/mol. The van der Waals surface area contributed by atoms with Crippen molar-refractivity contribution in [2.45, 2.75) is 12.8 Å². The summed E-state index contributed by atoms with van der Waals surface area (Å²) >= 11 is 1.26. The van der Waals surface area contributed by atoms with Crippen molar-refractivity contribution in [2.24, 2.45) is 5.92 Å². The molecule has 0 atom stereocenters. The number of hydrogen-bond acceptors (Lipinski definition) is 7. The number of hydrogen-bond donors (Lipinski definition) is 0. The maximum atomic E-state index is 4.43. The molecule has 0 aliphatic carbocycles. The minimum Gasteiger partial charge on any atom is -0.370 e. The van der Waals surface area contributed by atoms with Gasteiger partial charge in [-0.2, -0.15) is 8.75 Å². The van der Waals surface area contributed by atoms with Gasteiger partial charge >= 0.3 is 0 Å². The van der Waals surface area contributed by atoms with Gasteiger partial charge in [-0.15, -0.1) is 0 Å². The third-order valence-electron chi connectivity index (χ3n) is 5.21. The predicted octanol–water partition coefficient (Wildman–Crippen LogP) is 1.55. The van der Waals surface area contributed by atoms with Crippen molar-refractivity contribution in [1.82, 2.24) is 23.5 Å². The van der Waals surface area contributed by atoms with Crippen LogP contribution in [0, 0.1) is 5.92 Å². The minimum absolute atomic E-state index is 0.784. The van der Waals surface area contributed by atoms with Gasteiger partial charge in [-0.05, 0) is 31.9 Å². The molecule has 2 fully saturated rings. The first-order chi connectivity index (χ1) is 11.3. The summed E-state index contributed by atoms with van der Waals surface area (Å²) in [6, 6.07) is 2.09. The maximum Gasteiger partial charge on any atom is 0.195 e. The van der Waals surface area contributed by atoms with Gasteiger partial charge in [0.15, 0.2) is 5.65 Å². The van der Waals surface area contributed by atoms with Crippen LogP contribution in [0.3, 0.4) is 0 Å². The van der Waals surface area contributed by atoms with Gasteiger partial charge < -0.3 is 14.7 Å². The summed E-state index contributed by atoms with van der Waals surface area (Å²) in [5, 5.41) is 0. The summed E-state index contributed by atoms with van der Waals surface area (Å²) in [7, 11) is 2.22. The van der Waals surface area contributed by atoms with E-state index in [0.29, 0.717) is 0 Å². The average molecular weight is 332 g/mol. The van der Waals surface area contributed by atoms with E-state index in [9.17, 15) is 0 Å². The number of aromatic nitrogens is 3. The Bertz CT molecular complexity index is 643. The molecule has 2 aliphatic rings. The lowest BCUT2D eigenvalue weighted by Gasteiger charge is -2.38. The van der Waals surface area contributed by atoms with Crippen molar-refractivity contribution in [3.8, 4) is 0 Å². The van der Waals surface area contributed by atoms with Crippen molar-refractivity contribution >= 4 is 28.6 Å². The fourth-order valence-electron chi connectivity index (χ4n) is 3.69. The molecule has 124 valence electrons. The van der Waals surface area contributed by atoms with Crippen molar-refractivity contribution in [3.63, 3.8) is 0 Å². The molecular formula is C16H24N6S. The van der Waals surface area contributed by atoms with Gasteiger partial charge in [-0.1, -0.05) is 0 Å². The Hall–Kier alpha value is -1.31. The molecule has 0 bridgehead atoms. The lowest BCUT2D eigenvalue weighted by molar-refractivity contribution is 0.129. The van der Waals surface area contributed by atoms with Gasteiger partial charge in [0.25, 0.3) is 0 Å². The molecule has 4 rings (SSSR count). The van der Waals surface area contributed by atoms with E-state index in [1.807, 2.05) is 6.20 Å². The van der Waals surface area contributed by atoms with Gasteiger partial charge in [0, 0.05) is 52.0 Å². The molecule has 2 saturated heterocycles. The molecule has 2 aliphatic heterocycles. The van der Waals surface area contributed by atoms with Crippen LogP contribution in [0.2, 0.25) is 0 Å². The van der Waals surface area contributed by atoms with Gasteiger partial charge in [-0.3, -0.25) is 0 Å². The van der Waals surface area contributed by atoms with Crippen LogP contribution in [0.15, 0.2) is 12.3 Å². The third kappa shape index (κ3) is 3.32. The van der Waals surface area contributed by atoms with E-state index in [0.717, 1.165) is 30.2 Å². The van der Waals surface area contributed by atoms with E-state index < -0.39 is 0 Å². The lowest BCUT2D eigenvalue weighted by Crippen LogP contribution is -2.47. The van der Waals surface area contributed by atoms with Gasteiger partial charge in [0.1, 0.15) is 5.52 Å². The van der Waals surface area contributed by atoms with E-state index in [4.69, 9.17) is 0 Å². The first-order valence-corrected chi connectivity index (χ1v) is 9.26. The van der Waals surface area contributed by atoms with E-state index in [1.54, 1.807) is 0 Å². The molecule has 4 heterocycles. The summed E-state index contributed by atoms with van der Waals surface area (Å²) in [4.78, 5) is 11.8. The lowest BCUT2D eigenvalue weighted by atomic mass is 9.95. The zero-order valence-electron chi connectivity index (χ0n) is 13.7. The van der Waals surface area contributed by atoms with Crippen molar-refractivity contribution in [3.05, 3.63) is 12.3 Å². The summed E-state index contributed by atoms with van der Waals surface area (Å²) < 4.78 is 8.68. The SMILES string of the molecule is CN1CCN(CC2CCN(c3ccnc4nsnc34)CC2)CC1. The fourth-order valence-corrected chi connectivity index (χ4v) is 4.20. The number of piperazine rings is 1. The zero-order chi connectivity index (χ0) is 15.6. The summed E-state index contributed by atoms with van der Waals surface area (Å²) in [6.07, 6.45) is 4.40. The molecule has 0 unspecified atom stereocenters. The molecule has 0 spiro atoms. The van der Waals surface area contributed by atoms with E-state index in [1.165, 1.54) is 63.0 Å². The number of pyridine rings is 1. The Morgan fingerprint density at radius 2 is 1.87 bits per heavy atom. The molecule has 2 aromatic rings. The van der Waals surface area contributed by atoms with Crippen LogP contribution >= 0.6 is 11.7 Å². The number of piperidine rings is 1. The van der Waals surface area contributed by atoms with Crippen LogP contribution in [0.5, 0.6) is 0 Å². The van der Waals surface area contributed by atoms with Crippen LogP contribution < -0.4 is 4.90 Å². The quantitative estimate of drug-likeness (QED) is 0.850. The summed E-state index contributed by atoms with van der Waals surface area (Å²) in [5.41, 5.74) is 2.96. The average Bonchev–Trinajstić information content (AvgIpc) is 3.06. The standard InChI is InChI=1S/C16H24N6S/c1-20-8-10-21(11-9-20)12-13-3-6-22(7-4-13)14-2-5-17-16-15(14)18-23-19-16/h2,5,13H,3-4,6-12H2,1H3. The molecule has 0 aromatic carbocycles. The van der Waals surface area contributed by atoms with Crippen molar-refractivity contribution < 1.29 is 0 Å². The minimum atomic E-state index is 0.784. The fraction of sp³-hybridized carbons (Fsp3) is 0.688. The molecule has 0 saturated carbocycles. The number of anilines is 1. The topological polar surface area (TPSA) is 48.4 Å². The van der Waals surface area contributed by atoms with Crippen molar-refractivity contribution in [2.75, 3.05) is 57.8 Å². The summed E-state index contributed by atoms with van der Waals surface area (Å²) in [6.45, 7) is 8.39. The number of rotatable bonds is 3. The highest BCUT2D eigenvalue weighted by Gasteiger charge is 2.24. The van der Waals surface area contributed by atoms with E-state index in [-0.39, 0.29) is 0 Å². The molecule has 0 N–H and O–H groups in total. The van der Waals surface area contributed by atoms with Crippen LogP contribution in [0.4, 0.5) is 5.69 Å². The molecular weight excluding hydrogens is 308 g/mol. The largest absolute Gasteiger partial charge is 0.370 e. The Morgan fingerprint density at radius 1 is 1.09 bits per heavy atom. The van der Waals surface area contributed by atoms with Crippen molar-refractivity contribution in [1.29, 1.82) is 0 Å². The molecule has 6 nitrogen and oxygen atoms in total. The normalized spacial score (nSPS) is 22.0.